The fourth-order valence-corrected chi connectivity index (χ4v) is 4.54. The molecule has 0 bridgehead atoms. The van der Waals surface area contributed by atoms with Gasteiger partial charge in [0.25, 0.3) is 0 Å². The van der Waals surface area contributed by atoms with Gasteiger partial charge >= 0.3 is 0 Å². The molecule has 0 fully saturated rings. The summed E-state index contributed by atoms with van der Waals surface area (Å²) in [4.78, 5) is 12.9. The molecule has 3 heterocycles. The van der Waals surface area contributed by atoms with Crippen molar-refractivity contribution in [2.24, 2.45) is 0 Å². The number of nitriles is 1. The summed E-state index contributed by atoms with van der Waals surface area (Å²) in [6.07, 6.45) is 5.00. The van der Waals surface area contributed by atoms with Gasteiger partial charge in [0, 0.05) is 45.2 Å². The Labute approximate surface area is 194 Å². The highest BCUT2D eigenvalue weighted by atomic mass is 35.5. The Morgan fingerprint density at radius 3 is 2.70 bits per heavy atom. The van der Waals surface area contributed by atoms with E-state index in [1.807, 2.05) is 30.6 Å². The molecule has 0 aliphatic heterocycles. The highest BCUT2D eigenvalue weighted by Crippen LogP contribution is 2.34. The molecule has 0 saturated carbocycles. The Balaban J connectivity index is 1.64. The second kappa shape index (κ2) is 7.77. The molecule has 0 saturated heterocycles. The van der Waals surface area contributed by atoms with Gasteiger partial charge in [0.2, 0.25) is 0 Å². The number of aromatic nitrogens is 4. The van der Waals surface area contributed by atoms with E-state index in [9.17, 15) is 0 Å². The summed E-state index contributed by atoms with van der Waals surface area (Å²) in [5, 5.41) is 11.7. The van der Waals surface area contributed by atoms with Gasteiger partial charge in [0.05, 0.1) is 23.3 Å². The SMILES string of the molecule is N#CCCc1ccc(-n2c(-c3ccc4[nH]ccc4c3)nc3cnc4cc(Cl)ccc4c32)cc1. The van der Waals surface area contributed by atoms with E-state index in [0.717, 1.165) is 61.9 Å². The second-order valence-corrected chi connectivity index (χ2v) is 8.47. The molecule has 3 aromatic heterocycles. The molecule has 6 heteroatoms. The maximum Gasteiger partial charge on any atom is 0.145 e. The molecular weight excluding hydrogens is 430 g/mol. The smallest absolute Gasteiger partial charge is 0.145 e. The highest BCUT2D eigenvalue weighted by molar-refractivity contribution is 6.31. The molecule has 0 radical (unpaired) electrons. The minimum atomic E-state index is 0.506. The van der Waals surface area contributed by atoms with E-state index in [4.69, 9.17) is 21.8 Å². The van der Waals surface area contributed by atoms with Crippen LogP contribution in [-0.4, -0.2) is 19.5 Å². The average molecular weight is 448 g/mol. The summed E-state index contributed by atoms with van der Waals surface area (Å²) in [6, 6.07) is 24.7. The van der Waals surface area contributed by atoms with Crippen LogP contribution in [0.1, 0.15) is 12.0 Å². The third-order valence-corrected chi connectivity index (χ3v) is 6.21. The van der Waals surface area contributed by atoms with Crippen molar-refractivity contribution in [3.63, 3.8) is 0 Å². The summed E-state index contributed by atoms with van der Waals surface area (Å²) in [6.45, 7) is 0. The quantitative estimate of drug-likeness (QED) is 0.322. The molecule has 6 aromatic rings. The Morgan fingerprint density at radius 2 is 1.85 bits per heavy atom. The number of imidazole rings is 1. The summed E-state index contributed by atoms with van der Waals surface area (Å²) < 4.78 is 2.19. The van der Waals surface area contributed by atoms with Crippen molar-refractivity contribution in [2.75, 3.05) is 0 Å². The maximum absolute atomic E-state index is 8.91. The number of nitrogens with one attached hydrogen (secondary N) is 1. The zero-order valence-corrected chi connectivity index (χ0v) is 18.3. The number of nitrogens with zero attached hydrogens (tertiary/aromatic N) is 4. The van der Waals surface area contributed by atoms with Crippen LogP contribution in [0.5, 0.6) is 0 Å². The summed E-state index contributed by atoms with van der Waals surface area (Å²) in [5.41, 5.74) is 6.89. The predicted octanol–water partition coefficient (Wildman–Crippen LogP) is 6.83. The van der Waals surface area contributed by atoms with E-state index >= 15 is 0 Å². The first kappa shape index (κ1) is 19.5. The molecule has 0 unspecified atom stereocenters. The van der Waals surface area contributed by atoms with Crippen molar-refractivity contribution >= 4 is 44.4 Å². The molecule has 0 atom stereocenters. The van der Waals surface area contributed by atoms with Crippen molar-refractivity contribution in [3.05, 3.63) is 89.7 Å². The molecule has 5 nitrogen and oxygen atoms in total. The van der Waals surface area contributed by atoms with Crippen molar-refractivity contribution in [3.8, 4) is 23.1 Å². The van der Waals surface area contributed by atoms with Gasteiger partial charge in [-0.1, -0.05) is 23.7 Å². The highest BCUT2D eigenvalue weighted by Gasteiger charge is 2.18. The second-order valence-electron chi connectivity index (χ2n) is 8.03. The number of H-pyrrole nitrogens is 1. The van der Waals surface area contributed by atoms with Crippen LogP contribution in [0.4, 0.5) is 0 Å². The van der Waals surface area contributed by atoms with Gasteiger partial charge in [-0.3, -0.25) is 9.55 Å². The van der Waals surface area contributed by atoms with Gasteiger partial charge in [-0.25, -0.2) is 4.98 Å². The molecule has 3 aromatic carbocycles. The van der Waals surface area contributed by atoms with Gasteiger partial charge in [-0.15, -0.1) is 0 Å². The van der Waals surface area contributed by atoms with E-state index in [0.29, 0.717) is 11.4 Å². The van der Waals surface area contributed by atoms with Crippen LogP contribution in [0, 0.1) is 11.3 Å². The van der Waals surface area contributed by atoms with E-state index in [2.05, 4.69) is 69.1 Å². The van der Waals surface area contributed by atoms with Crippen molar-refractivity contribution < 1.29 is 0 Å². The van der Waals surface area contributed by atoms with Gasteiger partial charge in [-0.2, -0.15) is 5.26 Å². The topological polar surface area (TPSA) is 70.3 Å². The predicted molar refractivity (Wildman–Crippen MR) is 133 cm³/mol. The monoisotopic (exact) mass is 447 g/mol. The first-order chi connectivity index (χ1) is 16.2. The van der Waals surface area contributed by atoms with Crippen molar-refractivity contribution in [1.29, 1.82) is 5.26 Å². The number of fused-ring (bicyclic) bond motifs is 4. The Bertz CT molecular complexity index is 1690. The molecule has 0 amide bonds. The number of hydrogen-bond donors (Lipinski definition) is 1. The minimum absolute atomic E-state index is 0.506. The lowest BCUT2D eigenvalue weighted by atomic mass is 10.1. The molecule has 0 aliphatic rings. The third kappa shape index (κ3) is 3.32. The van der Waals surface area contributed by atoms with Crippen LogP contribution in [0.15, 0.2) is 79.1 Å². The summed E-state index contributed by atoms with van der Waals surface area (Å²) in [7, 11) is 0. The molecule has 0 aliphatic carbocycles. The number of hydrogen-bond acceptors (Lipinski definition) is 3. The fourth-order valence-electron chi connectivity index (χ4n) is 4.38. The lowest BCUT2D eigenvalue weighted by Gasteiger charge is -2.12. The Kier molecular flexibility index (Phi) is 4.60. The number of rotatable bonds is 4. The fraction of sp³-hybridized carbons (Fsp3) is 0.0741. The summed E-state index contributed by atoms with van der Waals surface area (Å²) in [5.74, 6) is 0.849. The van der Waals surface area contributed by atoms with Gasteiger partial charge in [0.1, 0.15) is 11.3 Å². The lowest BCUT2D eigenvalue weighted by molar-refractivity contribution is 1.01. The van der Waals surface area contributed by atoms with Crippen LogP contribution in [-0.2, 0) is 6.42 Å². The number of halogens is 1. The van der Waals surface area contributed by atoms with E-state index in [1.165, 1.54) is 0 Å². The number of benzene rings is 3. The van der Waals surface area contributed by atoms with E-state index in [1.54, 1.807) is 0 Å². The van der Waals surface area contributed by atoms with Crippen molar-refractivity contribution in [1.82, 2.24) is 19.5 Å². The van der Waals surface area contributed by atoms with E-state index in [-0.39, 0.29) is 0 Å². The molecule has 1 N–H and O–H groups in total. The zero-order valence-electron chi connectivity index (χ0n) is 17.6. The van der Waals surface area contributed by atoms with E-state index < -0.39 is 0 Å². The van der Waals surface area contributed by atoms with Gasteiger partial charge in [0.15, 0.2) is 0 Å². The van der Waals surface area contributed by atoms with Crippen LogP contribution < -0.4 is 0 Å². The number of aromatic amines is 1. The average Bonchev–Trinajstić information content (AvgIpc) is 3.47. The molecular formula is C27H18ClN5. The van der Waals surface area contributed by atoms with Crippen LogP contribution in [0.3, 0.4) is 0 Å². The normalized spacial score (nSPS) is 11.4. The molecule has 6 rings (SSSR count). The first-order valence-electron chi connectivity index (χ1n) is 10.7. The Morgan fingerprint density at radius 1 is 0.970 bits per heavy atom. The summed E-state index contributed by atoms with van der Waals surface area (Å²) >= 11 is 6.24. The molecule has 158 valence electrons. The van der Waals surface area contributed by atoms with Gasteiger partial charge in [-0.05, 0) is 66.6 Å². The molecule has 0 spiro atoms. The van der Waals surface area contributed by atoms with Crippen molar-refractivity contribution in [2.45, 2.75) is 12.8 Å². The van der Waals surface area contributed by atoms with Crippen LogP contribution in [0.25, 0.3) is 49.9 Å². The largest absolute Gasteiger partial charge is 0.361 e. The zero-order chi connectivity index (χ0) is 22.4. The minimum Gasteiger partial charge on any atom is -0.361 e. The standard InChI is InChI=1S/C27H18ClN5/c28-20-6-9-22-24(15-20)31-16-25-26(22)33(21-7-3-17(4-8-21)2-1-12-29)27(32-25)19-5-10-23-18(14-19)11-13-30-23/h3-11,13-16,30H,1-2H2. The number of pyridine rings is 1. The Hall–Kier alpha value is -4.14. The number of aryl methyl sites for hydroxylation is 1. The first-order valence-corrected chi connectivity index (χ1v) is 11.1. The van der Waals surface area contributed by atoms with Gasteiger partial charge < -0.3 is 4.98 Å². The lowest BCUT2D eigenvalue weighted by Crippen LogP contribution is -1.99. The maximum atomic E-state index is 8.91. The molecule has 33 heavy (non-hydrogen) atoms. The van der Waals surface area contributed by atoms with Crippen LogP contribution >= 0.6 is 11.6 Å². The third-order valence-electron chi connectivity index (χ3n) is 5.98. The van der Waals surface area contributed by atoms with Crippen LogP contribution in [0.2, 0.25) is 5.02 Å².